The first-order chi connectivity index (χ1) is 6.48. The molecule has 0 spiro atoms. The molecule has 0 bridgehead atoms. The van der Waals surface area contributed by atoms with E-state index >= 15 is 0 Å². The zero-order valence-corrected chi connectivity index (χ0v) is 10.1. The van der Waals surface area contributed by atoms with Crippen LogP contribution in [0.25, 0.3) is 0 Å². The maximum Gasteiger partial charge on any atom is 0.0224 e. The predicted molar refractivity (Wildman–Crippen MR) is 60.5 cm³/mol. The first-order valence-corrected chi connectivity index (χ1v) is 5.99. The Hall–Kier alpha value is -0.0800. The van der Waals surface area contributed by atoms with Crippen molar-refractivity contribution in [1.29, 1.82) is 0 Å². The maximum atomic E-state index is 2.69. The van der Waals surface area contributed by atoms with Crippen LogP contribution in [0.15, 0.2) is 0 Å². The van der Waals surface area contributed by atoms with E-state index in [4.69, 9.17) is 0 Å². The lowest BCUT2D eigenvalue weighted by molar-refractivity contribution is -0.000349. The van der Waals surface area contributed by atoms with Gasteiger partial charge in [0.2, 0.25) is 0 Å². The quantitative estimate of drug-likeness (QED) is 0.584. The number of rotatable bonds is 0. The Morgan fingerprint density at radius 2 is 1.86 bits per heavy atom. The first-order valence-electron chi connectivity index (χ1n) is 5.99. The minimum Gasteiger partial charge on any atom is -0.298 e. The molecule has 2 aliphatic heterocycles. The van der Waals surface area contributed by atoms with Crippen molar-refractivity contribution in [3.8, 4) is 0 Å². The van der Waals surface area contributed by atoms with E-state index in [1.165, 1.54) is 32.5 Å². The molecule has 0 aliphatic carbocycles. The van der Waals surface area contributed by atoms with Gasteiger partial charge < -0.3 is 0 Å². The van der Waals surface area contributed by atoms with E-state index < -0.39 is 0 Å². The van der Waals surface area contributed by atoms with E-state index in [1.54, 1.807) is 0 Å². The number of fused-ring (bicyclic) bond motifs is 1. The molecule has 0 radical (unpaired) electrons. The van der Waals surface area contributed by atoms with Crippen molar-refractivity contribution in [3.63, 3.8) is 0 Å². The molecule has 2 heteroatoms. The summed E-state index contributed by atoms with van der Waals surface area (Å²) in [6.45, 7) is 13.3. The summed E-state index contributed by atoms with van der Waals surface area (Å²) in [5.74, 6) is 0. The highest BCUT2D eigenvalue weighted by Gasteiger charge is 2.38. The van der Waals surface area contributed by atoms with Crippen LogP contribution in [0.3, 0.4) is 0 Å². The third-order valence-electron chi connectivity index (χ3n) is 3.80. The van der Waals surface area contributed by atoms with E-state index in [1.807, 2.05) is 0 Å². The molecule has 0 aromatic carbocycles. The Morgan fingerprint density at radius 1 is 1.14 bits per heavy atom. The standard InChI is InChI=1S/C12H24N2/c1-10-8-13-7-5-6-11(13)9-14(10)12(2,3)4/h10-11H,5-9H2,1-4H3/t10-,11?/m0/s1. The van der Waals surface area contributed by atoms with Gasteiger partial charge in [0.05, 0.1) is 0 Å². The summed E-state index contributed by atoms with van der Waals surface area (Å²) in [6.07, 6.45) is 2.83. The average Bonchev–Trinajstić information content (AvgIpc) is 2.47. The Morgan fingerprint density at radius 3 is 2.50 bits per heavy atom. The van der Waals surface area contributed by atoms with Crippen molar-refractivity contribution in [2.24, 2.45) is 0 Å². The van der Waals surface area contributed by atoms with Gasteiger partial charge in [0.15, 0.2) is 0 Å². The van der Waals surface area contributed by atoms with Crippen molar-refractivity contribution < 1.29 is 0 Å². The minimum atomic E-state index is 0.341. The summed E-state index contributed by atoms with van der Waals surface area (Å²) in [5, 5.41) is 0. The lowest BCUT2D eigenvalue weighted by Gasteiger charge is -2.48. The summed E-state index contributed by atoms with van der Waals surface area (Å²) >= 11 is 0. The topological polar surface area (TPSA) is 6.48 Å². The summed E-state index contributed by atoms with van der Waals surface area (Å²) in [6, 6.07) is 1.58. The highest BCUT2D eigenvalue weighted by molar-refractivity contribution is 4.94. The second-order valence-corrected chi connectivity index (χ2v) is 5.96. The molecule has 1 unspecified atom stereocenters. The van der Waals surface area contributed by atoms with Gasteiger partial charge in [-0.1, -0.05) is 0 Å². The average molecular weight is 196 g/mol. The summed E-state index contributed by atoms with van der Waals surface area (Å²) in [7, 11) is 0. The fourth-order valence-electron chi connectivity index (χ4n) is 3.12. The third-order valence-corrected chi connectivity index (χ3v) is 3.80. The molecule has 2 nitrogen and oxygen atoms in total. The first kappa shape index (κ1) is 10.4. The normalized spacial score (nSPS) is 36.0. The monoisotopic (exact) mass is 196 g/mol. The van der Waals surface area contributed by atoms with Gasteiger partial charge in [0.1, 0.15) is 0 Å². The Kier molecular flexibility index (Phi) is 2.61. The minimum absolute atomic E-state index is 0.341. The predicted octanol–water partition coefficient (Wildman–Crippen LogP) is 1.95. The molecular formula is C12H24N2. The Labute approximate surface area is 88.3 Å². The molecule has 0 N–H and O–H groups in total. The zero-order chi connectivity index (χ0) is 10.3. The highest BCUT2D eigenvalue weighted by atomic mass is 15.3. The van der Waals surface area contributed by atoms with Gasteiger partial charge in [-0.05, 0) is 47.1 Å². The largest absolute Gasteiger partial charge is 0.298 e. The fraction of sp³-hybridized carbons (Fsp3) is 1.00. The van der Waals surface area contributed by atoms with Crippen molar-refractivity contribution in [2.45, 2.75) is 58.2 Å². The lowest BCUT2D eigenvalue weighted by Crippen LogP contribution is -2.60. The van der Waals surface area contributed by atoms with Crippen molar-refractivity contribution in [3.05, 3.63) is 0 Å². The SMILES string of the molecule is C[C@H]1CN2CCCC2CN1C(C)(C)C. The molecule has 2 rings (SSSR count). The van der Waals surface area contributed by atoms with Crippen LogP contribution in [0.2, 0.25) is 0 Å². The lowest BCUT2D eigenvalue weighted by atomic mass is 9.98. The van der Waals surface area contributed by atoms with E-state index in [9.17, 15) is 0 Å². The maximum absolute atomic E-state index is 2.69. The Balaban J connectivity index is 2.06. The second-order valence-electron chi connectivity index (χ2n) is 5.96. The smallest absolute Gasteiger partial charge is 0.0224 e. The molecule has 82 valence electrons. The van der Waals surface area contributed by atoms with Gasteiger partial charge >= 0.3 is 0 Å². The van der Waals surface area contributed by atoms with Gasteiger partial charge in [-0.3, -0.25) is 9.80 Å². The Bertz CT molecular complexity index is 207. The molecular weight excluding hydrogens is 172 g/mol. The second kappa shape index (κ2) is 3.49. The van der Waals surface area contributed by atoms with Crippen LogP contribution in [0, 0.1) is 0 Å². The van der Waals surface area contributed by atoms with E-state index in [0.29, 0.717) is 5.54 Å². The number of hydrogen-bond acceptors (Lipinski definition) is 2. The molecule has 0 amide bonds. The molecule has 2 atom stereocenters. The molecule has 2 saturated heterocycles. The van der Waals surface area contributed by atoms with Gasteiger partial charge in [0, 0.05) is 30.7 Å². The van der Waals surface area contributed by atoms with Gasteiger partial charge in [-0.25, -0.2) is 0 Å². The fourth-order valence-corrected chi connectivity index (χ4v) is 3.12. The van der Waals surface area contributed by atoms with Crippen LogP contribution in [0.4, 0.5) is 0 Å². The van der Waals surface area contributed by atoms with E-state index in [-0.39, 0.29) is 0 Å². The number of hydrogen-bond donors (Lipinski definition) is 0. The molecule has 0 aromatic heterocycles. The molecule has 0 saturated carbocycles. The number of piperazine rings is 1. The van der Waals surface area contributed by atoms with Crippen LogP contribution < -0.4 is 0 Å². The van der Waals surface area contributed by atoms with Crippen LogP contribution in [0.1, 0.15) is 40.5 Å². The zero-order valence-electron chi connectivity index (χ0n) is 10.1. The van der Waals surface area contributed by atoms with Crippen LogP contribution in [0.5, 0.6) is 0 Å². The van der Waals surface area contributed by atoms with Crippen LogP contribution in [-0.2, 0) is 0 Å². The van der Waals surface area contributed by atoms with Crippen molar-refractivity contribution in [2.75, 3.05) is 19.6 Å². The van der Waals surface area contributed by atoms with Crippen molar-refractivity contribution in [1.82, 2.24) is 9.80 Å². The molecule has 0 aromatic rings. The summed E-state index contributed by atoms with van der Waals surface area (Å²) in [4.78, 5) is 5.37. The van der Waals surface area contributed by atoms with E-state index in [2.05, 4.69) is 37.5 Å². The molecule has 2 heterocycles. The summed E-state index contributed by atoms with van der Waals surface area (Å²) < 4.78 is 0. The van der Waals surface area contributed by atoms with Gasteiger partial charge in [0.25, 0.3) is 0 Å². The third kappa shape index (κ3) is 1.82. The van der Waals surface area contributed by atoms with E-state index in [0.717, 1.165) is 12.1 Å². The summed E-state index contributed by atoms with van der Waals surface area (Å²) in [5.41, 5.74) is 0.341. The number of nitrogens with zero attached hydrogens (tertiary/aromatic N) is 2. The molecule has 2 fully saturated rings. The molecule has 2 aliphatic rings. The van der Waals surface area contributed by atoms with Crippen LogP contribution in [-0.4, -0.2) is 47.1 Å². The van der Waals surface area contributed by atoms with Crippen LogP contribution >= 0.6 is 0 Å². The van der Waals surface area contributed by atoms with Gasteiger partial charge in [-0.2, -0.15) is 0 Å². The highest BCUT2D eigenvalue weighted by Crippen LogP contribution is 2.28. The molecule has 14 heavy (non-hydrogen) atoms. The van der Waals surface area contributed by atoms with Crippen molar-refractivity contribution >= 4 is 0 Å². The van der Waals surface area contributed by atoms with Gasteiger partial charge in [-0.15, -0.1) is 0 Å².